The first-order valence-corrected chi connectivity index (χ1v) is 23.3. The second-order valence-electron chi connectivity index (χ2n) is 19.3. The van der Waals surface area contributed by atoms with Crippen LogP contribution in [0, 0.1) is 0 Å². The molecule has 13 rings (SSSR count). The van der Waals surface area contributed by atoms with Crippen LogP contribution in [-0.4, -0.2) is 4.57 Å². The standard InChI is InChI=1S/C64H48N2/c1-63(2)55-30-18-16-27-48(55)50-35-32-45(39-57(50)63)65(46-33-36-51-49-28-17-19-31-56(49)64(3,4)58(51)40-46)44-34-37-52-54(38-44)47-26-14-15-29-53(47)62-60(52)59(41-20-8-5-9-21-41)61(42-22-10-6-11-23-42)66(62)43-24-12-7-13-25-43/h5-40H,1-4H3. The fourth-order valence-corrected chi connectivity index (χ4v) is 11.8. The molecular weight excluding hydrogens is 797 g/mol. The smallest absolute Gasteiger partial charge is 0.0626 e. The Bertz CT molecular complexity index is 3640. The number of aromatic nitrogens is 1. The molecule has 2 heteroatoms. The van der Waals surface area contributed by atoms with Crippen LogP contribution in [0.2, 0.25) is 0 Å². The first kappa shape index (κ1) is 38.5. The quantitative estimate of drug-likeness (QED) is 0.151. The van der Waals surface area contributed by atoms with Crippen LogP contribution in [-0.2, 0) is 10.8 Å². The zero-order chi connectivity index (χ0) is 44.3. The minimum Gasteiger partial charge on any atom is -0.310 e. The van der Waals surface area contributed by atoms with E-state index >= 15 is 0 Å². The molecule has 2 aliphatic carbocycles. The molecule has 314 valence electrons. The van der Waals surface area contributed by atoms with E-state index in [1.165, 1.54) is 99.3 Å². The zero-order valence-electron chi connectivity index (χ0n) is 37.7. The van der Waals surface area contributed by atoms with Gasteiger partial charge in [-0.2, -0.15) is 0 Å². The van der Waals surface area contributed by atoms with Gasteiger partial charge < -0.3 is 9.47 Å². The maximum absolute atomic E-state index is 2.52. The molecule has 0 N–H and O–H groups in total. The van der Waals surface area contributed by atoms with E-state index in [0.29, 0.717) is 0 Å². The van der Waals surface area contributed by atoms with Crippen molar-refractivity contribution in [1.29, 1.82) is 0 Å². The summed E-state index contributed by atoms with van der Waals surface area (Å²) in [6.07, 6.45) is 0. The summed E-state index contributed by atoms with van der Waals surface area (Å²) in [6.45, 7) is 9.52. The van der Waals surface area contributed by atoms with Gasteiger partial charge in [0, 0.05) is 49.9 Å². The fourth-order valence-electron chi connectivity index (χ4n) is 11.8. The maximum atomic E-state index is 2.52. The van der Waals surface area contributed by atoms with Crippen LogP contribution in [0.5, 0.6) is 0 Å². The van der Waals surface area contributed by atoms with Crippen molar-refractivity contribution in [1.82, 2.24) is 4.57 Å². The van der Waals surface area contributed by atoms with Gasteiger partial charge in [-0.15, -0.1) is 0 Å². The van der Waals surface area contributed by atoms with Crippen molar-refractivity contribution in [2.45, 2.75) is 38.5 Å². The second kappa shape index (κ2) is 14.3. The van der Waals surface area contributed by atoms with Gasteiger partial charge in [0.1, 0.15) is 0 Å². The van der Waals surface area contributed by atoms with Crippen LogP contribution < -0.4 is 4.90 Å². The van der Waals surface area contributed by atoms with Gasteiger partial charge >= 0.3 is 0 Å². The number of benzene rings is 10. The Morgan fingerprint density at radius 3 is 1.39 bits per heavy atom. The third-order valence-corrected chi connectivity index (χ3v) is 14.9. The number of fused-ring (bicyclic) bond motifs is 12. The lowest BCUT2D eigenvalue weighted by Gasteiger charge is -2.30. The van der Waals surface area contributed by atoms with Gasteiger partial charge in [0.15, 0.2) is 0 Å². The summed E-state index contributed by atoms with van der Waals surface area (Å²) in [7, 11) is 0. The van der Waals surface area contributed by atoms with Crippen LogP contribution >= 0.6 is 0 Å². The molecule has 0 saturated carbocycles. The Morgan fingerprint density at radius 1 is 0.348 bits per heavy atom. The number of hydrogen-bond donors (Lipinski definition) is 0. The fraction of sp³-hybridized carbons (Fsp3) is 0.0938. The van der Waals surface area contributed by atoms with Gasteiger partial charge in [0.2, 0.25) is 0 Å². The van der Waals surface area contributed by atoms with Gasteiger partial charge in [-0.25, -0.2) is 0 Å². The predicted octanol–water partition coefficient (Wildman–Crippen LogP) is 17.4. The molecule has 1 heterocycles. The van der Waals surface area contributed by atoms with Crippen LogP contribution in [0.1, 0.15) is 49.9 Å². The molecule has 0 amide bonds. The number of rotatable bonds is 6. The highest BCUT2D eigenvalue weighted by Gasteiger charge is 2.38. The van der Waals surface area contributed by atoms with Gasteiger partial charge in [-0.1, -0.05) is 198 Å². The SMILES string of the molecule is CC1(C)c2ccccc2-c2ccc(N(c3ccc4c(c3)C(C)(C)c3ccccc3-4)c3ccc4c(c3)c3ccccc3c3c4c(-c4ccccc4)c(-c4ccccc4)n3-c3ccccc3)cc21. The van der Waals surface area contributed by atoms with Crippen LogP contribution in [0.15, 0.2) is 218 Å². The highest BCUT2D eigenvalue weighted by molar-refractivity contribution is 6.30. The summed E-state index contributed by atoms with van der Waals surface area (Å²) >= 11 is 0. The van der Waals surface area contributed by atoms with Crippen molar-refractivity contribution in [2.75, 3.05) is 4.90 Å². The number of hydrogen-bond acceptors (Lipinski definition) is 1. The third-order valence-electron chi connectivity index (χ3n) is 14.9. The minimum absolute atomic E-state index is 0.142. The molecule has 2 aliphatic rings. The van der Waals surface area contributed by atoms with Crippen LogP contribution in [0.25, 0.3) is 82.8 Å². The molecule has 0 aliphatic heterocycles. The Balaban J connectivity index is 1.12. The molecule has 0 radical (unpaired) electrons. The Morgan fingerprint density at radius 2 is 0.803 bits per heavy atom. The van der Waals surface area contributed by atoms with E-state index in [1.807, 2.05) is 0 Å². The average molecular weight is 845 g/mol. The van der Waals surface area contributed by atoms with Crippen molar-refractivity contribution < 1.29 is 0 Å². The summed E-state index contributed by atoms with van der Waals surface area (Å²) in [4.78, 5) is 2.51. The predicted molar refractivity (Wildman–Crippen MR) is 279 cm³/mol. The highest BCUT2D eigenvalue weighted by Crippen LogP contribution is 2.54. The van der Waals surface area contributed by atoms with Gasteiger partial charge in [-0.05, 0) is 120 Å². The van der Waals surface area contributed by atoms with E-state index in [1.54, 1.807) is 0 Å². The van der Waals surface area contributed by atoms with E-state index in [-0.39, 0.29) is 10.8 Å². The van der Waals surface area contributed by atoms with E-state index in [9.17, 15) is 0 Å². The lowest BCUT2D eigenvalue weighted by atomic mass is 9.82. The molecule has 66 heavy (non-hydrogen) atoms. The van der Waals surface area contributed by atoms with Crippen molar-refractivity contribution in [3.63, 3.8) is 0 Å². The van der Waals surface area contributed by atoms with Crippen molar-refractivity contribution in [2.24, 2.45) is 0 Å². The second-order valence-corrected chi connectivity index (χ2v) is 19.3. The zero-order valence-corrected chi connectivity index (χ0v) is 37.7. The molecular formula is C64H48N2. The topological polar surface area (TPSA) is 8.17 Å². The molecule has 0 unspecified atom stereocenters. The highest BCUT2D eigenvalue weighted by atomic mass is 15.1. The van der Waals surface area contributed by atoms with Gasteiger partial charge in [0.25, 0.3) is 0 Å². The molecule has 11 aromatic rings. The first-order valence-electron chi connectivity index (χ1n) is 23.3. The van der Waals surface area contributed by atoms with Crippen molar-refractivity contribution >= 4 is 49.5 Å². The van der Waals surface area contributed by atoms with Gasteiger partial charge in [0.05, 0.1) is 11.2 Å². The Hall–Kier alpha value is -7.94. The Labute approximate surface area is 386 Å². The molecule has 0 spiro atoms. The monoisotopic (exact) mass is 844 g/mol. The van der Waals surface area contributed by atoms with E-state index in [2.05, 4.69) is 256 Å². The lowest BCUT2D eigenvalue weighted by Crippen LogP contribution is -2.18. The molecule has 0 saturated heterocycles. The Kier molecular flexibility index (Phi) is 8.33. The van der Waals surface area contributed by atoms with Crippen LogP contribution in [0.3, 0.4) is 0 Å². The van der Waals surface area contributed by atoms with Crippen molar-refractivity contribution in [3.05, 3.63) is 241 Å². The molecule has 0 fully saturated rings. The van der Waals surface area contributed by atoms with Gasteiger partial charge in [-0.3, -0.25) is 0 Å². The average Bonchev–Trinajstić information content (AvgIpc) is 3.93. The first-order chi connectivity index (χ1) is 32.3. The summed E-state index contributed by atoms with van der Waals surface area (Å²) in [6, 6.07) is 81.4. The van der Waals surface area contributed by atoms with E-state index in [0.717, 1.165) is 22.7 Å². The largest absolute Gasteiger partial charge is 0.310 e. The molecule has 2 nitrogen and oxygen atoms in total. The molecule has 0 bridgehead atoms. The normalized spacial score (nSPS) is 14.0. The molecule has 10 aromatic carbocycles. The number of nitrogens with zero attached hydrogens (tertiary/aromatic N) is 2. The minimum atomic E-state index is -0.142. The summed E-state index contributed by atoms with van der Waals surface area (Å²) in [5, 5.41) is 6.16. The van der Waals surface area contributed by atoms with Crippen molar-refractivity contribution in [3.8, 4) is 50.3 Å². The maximum Gasteiger partial charge on any atom is 0.0626 e. The molecule has 0 atom stereocenters. The summed E-state index contributed by atoms with van der Waals surface area (Å²) in [5.74, 6) is 0. The van der Waals surface area contributed by atoms with Crippen LogP contribution in [0.4, 0.5) is 17.1 Å². The molecule has 1 aromatic heterocycles. The summed E-state index contributed by atoms with van der Waals surface area (Å²) < 4.78 is 2.52. The summed E-state index contributed by atoms with van der Waals surface area (Å²) in [5.41, 5.74) is 21.1. The number of anilines is 3. The lowest BCUT2D eigenvalue weighted by molar-refractivity contribution is 0.660. The van der Waals surface area contributed by atoms with E-state index in [4.69, 9.17) is 0 Å². The number of para-hydroxylation sites is 1. The van der Waals surface area contributed by atoms with E-state index < -0.39 is 0 Å². The third kappa shape index (κ3) is 5.48.